The molecular weight excluding hydrogens is 310 g/mol. The van der Waals surface area contributed by atoms with Gasteiger partial charge in [0.1, 0.15) is 18.2 Å². The van der Waals surface area contributed by atoms with E-state index < -0.39 is 29.7 Å². The number of benzene rings is 1. The molecule has 0 aromatic heterocycles. The summed E-state index contributed by atoms with van der Waals surface area (Å²) >= 11 is 0. The molecule has 1 aliphatic heterocycles. The smallest absolute Gasteiger partial charge is 0.338 e. The van der Waals surface area contributed by atoms with E-state index in [0.717, 1.165) is 6.07 Å². The molecule has 0 radical (unpaired) electrons. The van der Waals surface area contributed by atoms with E-state index in [1.165, 1.54) is 20.1 Å². The highest BCUT2D eigenvalue weighted by Gasteiger charge is 2.33. The lowest BCUT2D eigenvalue weighted by Gasteiger charge is -2.28. The summed E-state index contributed by atoms with van der Waals surface area (Å²) < 4.78 is 36.9. The van der Waals surface area contributed by atoms with Crippen molar-refractivity contribution in [2.75, 3.05) is 20.3 Å². The Bertz CT molecular complexity index is 661. The fourth-order valence-electron chi connectivity index (χ4n) is 2.23. The molecule has 0 bridgehead atoms. The zero-order valence-corrected chi connectivity index (χ0v) is 12.6. The quantitative estimate of drug-likeness (QED) is 0.639. The molecule has 0 fully saturated rings. The molecule has 1 heterocycles. The molecule has 2 rings (SSSR count). The van der Waals surface area contributed by atoms with E-state index in [2.05, 4.69) is 10.6 Å². The number of halogens is 2. The summed E-state index contributed by atoms with van der Waals surface area (Å²) in [6, 6.07) is 1.25. The maximum Gasteiger partial charge on any atom is 0.338 e. The number of esters is 1. The average Bonchev–Trinajstić information content (AvgIpc) is 2.46. The van der Waals surface area contributed by atoms with Crippen LogP contribution in [0.3, 0.4) is 0 Å². The minimum absolute atomic E-state index is 0.0126. The molecule has 124 valence electrons. The first-order valence-corrected chi connectivity index (χ1v) is 6.83. The molecule has 23 heavy (non-hydrogen) atoms. The number of amides is 2. The van der Waals surface area contributed by atoms with E-state index >= 15 is 0 Å². The molecule has 1 aromatic carbocycles. The third-order valence-electron chi connectivity index (χ3n) is 3.28. The van der Waals surface area contributed by atoms with Crippen molar-refractivity contribution in [3.8, 4) is 0 Å². The van der Waals surface area contributed by atoms with Gasteiger partial charge in [-0.15, -0.1) is 0 Å². The Labute approximate surface area is 131 Å². The number of nitrogens with one attached hydrogen (secondary N) is 2. The van der Waals surface area contributed by atoms with Gasteiger partial charge in [-0.1, -0.05) is 6.07 Å². The Hall–Kier alpha value is -2.48. The van der Waals surface area contributed by atoms with Crippen molar-refractivity contribution in [3.63, 3.8) is 0 Å². The van der Waals surface area contributed by atoms with Gasteiger partial charge in [0.2, 0.25) is 0 Å². The van der Waals surface area contributed by atoms with Gasteiger partial charge >= 0.3 is 12.0 Å². The van der Waals surface area contributed by atoms with Crippen LogP contribution < -0.4 is 10.6 Å². The summed E-state index contributed by atoms with van der Waals surface area (Å²) in [4.78, 5) is 23.9. The van der Waals surface area contributed by atoms with E-state index in [-0.39, 0.29) is 30.0 Å². The van der Waals surface area contributed by atoms with Crippen LogP contribution in [0.4, 0.5) is 13.6 Å². The second-order valence-corrected chi connectivity index (χ2v) is 4.86. The van der Waals surface area contributed by atoms with Crippen molar-refractivity contribution < 1.29 is 27.8 Å². The van der Waals surface area contributed by atoms with E-state index in [9.17, 15) is 18.4 Å². The number of hydrogen-bond donors (Lipinski definition) is 2. The van der Waals surface area contributed by atoms with Gasteiger partial charge in [-0.25, -0.2) is 18.4 Å². The minimum atomic E-state index is -1.07. The molecular formula is C15H16F2N2O4. The molecule has 1 atom stereocenters. The summed E-state index contributed by atoms with van der Waals surface area (Å²) in [5.74, 6) is -2.34. The fourth-order valence-corrected chi connectivity index (χ4v) is 2.23. The summed E-state index contributed by atoms with van der Waals surface area (Å²) in [7, 11) is 1.46. The standard InChI is InChI=1S/C15H16F2N2O4/c1-8-12(14(20)23-6-5-22-2)13(19-15(21)18-8)10-4-3-9(16)7-11(10)17/h3-4,7,13H,5-6H2,1-2H3,(H2,18,19,21)/t13-/m0/s1. The zero-order chi connectivity index (χ0) is 17.0. The number of methoxy groups -OCH3 is 1. The Morgan fingerprint density at radius 3 is 2.70 bits per heavy atom. The van der Waals surface area contributed by atoms with Crippen LogP contribution in [0.2, 0.25) is 0 Å². The first-order chi connectivity index (χ1) is 10.9. The zero-order valence-electron chi connectivity index (χ0n) is 12.6. The molecule has 0 aliphatic carbocycles. The van der Waals surface area contributed by atoms with Crippen LogP contribution in [0.25, 0.3) is 0 Å². The van der Waals surface area contributed by atoms with Gasteiger partial charge in [-0.2, -0.15) is 0 Å². The van der Waals surface area contributed by atoms with Gasteiger partial charge in [-0.3, -0.25) is 0 Å². The van der Waals surface area contributed by atoms with Gasteiger partial charge in [0, 0.05) is 24.4 Å². The highest BCUT2D eigenvalue weighted by atomic mass is 19.1. The van der Waals surface area contributed by atoms with Gasteiger partial charge in [0.25, 0.3) is 0 Å². The predicted octanol–water partition coefficient (Wildman–Crippen LogP) is 1.78. The van der Waals surface area contributed by atoms with Crippen LogP contribution in [-0.2, 0) is 14.3 Å². The molecule has 1 aliphatic rings. The van der Waals surface area contributed by atoms with Gasteiger partial charge in [0.05, 0.1) is 18.2 Å². The second kappa shape index (κ2) is 7.19. The van der Waals surface area contributed by atoms with E-state index in [1.807, 2.05) is 0 Å². The molecule has 6 nitrogen and oxygen atoms in total. The lowest BCUT2D eigenvalue weighted by Crippen LogP contribution is -2.45. The van der Waals surface area contributed by atoms with E-state index in [4.69, 9.17) is 9.47 Å². The highest BCUT2D eigenvalue weighted by molar-refractivity contribution is 5.95. The molecule has 2 N–H and O–H groups in total. The van der Waals surface area contributed by atoms with E-state index in [1.54, 1.807) is 0 Å². The van der Waals surface area contributed by atoms with Crippen LogP contribution in [0.5, 0.6) is 0 Å². The third kappa shape index (κ3) is 3.84. The summed E-state index contributed by atoms with van der Waals surface area (Å²) in [5.41, 5.74) is 0.260. The maximum atomic E-state index is 14.0. The number of ether oxygens (including phenoxy) is 2. The number of carbonyl (C=O) groups excluding carboxylic acids is 2. The van der Waals surface area contributed by atoms with Crippen molar-refractivity contribution in [1.82, 2.24) is 10.6 Å². The van der Waals surface area contributed by atoms with Crippen LogP contribution in [0.1, 0.15) is 18.5 Å². The topological polar surface area (TPSA) is 76.7 Å². The predicted molar refractivity (Wildman–Crippen MR) is 76.3 cm³/mol. The second-order valence-electron chi connectivity index (χ2n) is 4.86. The van der Waals surface area contributed by atoms with Crippen molar-refractivity contribution in [2.45, 2.75) is 13.0 Å². The average molecular weight is 326 g/mol. The molecule has 2 amide bonds. The summed E-state index contributed by atoms with van der Waals surface area (Å²) in [6.07, 6.45) is 0. The molecule has 8 heteroatoms. The molecule has 1 aromatic rings. The van der Waals surface area contributed by atoms with Crippen molar-refractivity contribution in [1.29, 1.82) is 0 Å². The molecule has 0 saturated carbocycles. The van der Waals surface area contributed by atoms with Crippen molar-refractivity contribution in [3.05, 3.63) is 46.7 Å². The first kappa shape index (κ1) is 16.9. The van der Waals surface area contributed by atoms with Crippen LogP contribution in [-0.4, -0.2) is 32.3 Å². The number of allylic oxidation sites excluding steroid dienone is 1. The van der Waals surface area contributed by atoms with Crippen molar-refractivity contribution >= 4 is 12.0 Å². The van der Waals surface area contributed by atoms with Crippen LogP contribution in [0.15, 0.2) is 29.5 Å². The highest BCUT2D eigenvalue weighted by Crippen LogP contribution is 2.29. The molecule has 0 unspecified atom stereocenters. The molecule has 0 saturated heterocycles. The monoisotopic (exact) mass is 326 g/mol. The number of urea groups is 1. The van der Waals surface area contributed by atoms with Gasteiger partial charge < -0.3 is 20.1 Å². The van der Waals surface area contributed by atoms with Crippen LogP contribution >= 0.6 is 0 Å². The van der Waals surface area contributed by atoms with E-state index in [0.29, 0.717) is 6.07 Å². The Morgan fingerprint density at radius 1 is 1.30 bits per heavy atom. The van der Waals surface area contributed by atoms with Crippen LogP contribution in [0, 0.1) is 11.6 Å². The lowest BCUT2D eigenvalue weighted by molar-refractivity contribution is -0.140. The number of rotatable bonds is 5. The minimum Gasteiger partial charge on any atom is -0.460 e. The Balaban J connectivity index is 2.36. The number of carbonyl (C=O) groups is 2. The first-order valence-electron chi connectivity index (χ1n) is 6.83. The van der Waals surface area contributed by atoms with Gasteiger partial charge in [-0.05, 0) is 13.0 Å². The SMILES string of the molecule is COCCOC(=O)C1=C(C)NC(=O)N[C@H]1c1ccc(F)cc1F. The summed E-state index contributed by atoms with van der Waals surface area (Å²) in [5, 5.41) is 4.87. The fraction of sp³-hybridized carbons (Fsp3) is 0.333. The molecule has 0 spiro atoms. The Kier molecular flexibility index (Phi) is 5.28. The normalized spacial score (nSPS) is 17.6. The largest absolute Gasteiger partial charge is 0.460 e. The summed E-state index contributed by atoms with van der Waals surface area (Å²) in [6.45, 7) is 1.71. The van der Waals surface area contributed by atoms with Crippen molar-refractivity contribution in [2.24, 2.45) is 0 Å². The van der Waals surface area contributed by atoms with Gasteiger partial charge in [0.15, 0.2) is 0 Å². The lowest BCUT2D eigenvalue weighted by atomic mass is 9.95. The maximum absolute atomic E-state index is 14.0. The number of hydrogen-bond acceptors (Lipinski definition) is 4. The Morgan fingerprint density at radius 2 is 2.04 bits per heavy atom. The third-order valence-corrected chi connectivity index (χ3v) is 3.28.